The molecule has 0 bridgehead atoms. The van der Waals surface area contributed by atoms with Crippen LogP contribution in [0.2, 0.25) is 0 Å². The average Bonchev–Trinajstić information content (AvgIpc) is 3.32. The Morgan fingerprint density at radius 1 is 1.15 bits per heavy atom. The highest BCUT2D eigenvalue weighted by molar-refractivity contribution is 7.80. The lowest BCUT2D eigenvalue weighted by Gasteiger charge is -2.08. The van der Waals surface area contributed by atoms with E-state index in [0.29, 0.717) is 17.3 Å². The average molecular weight is 368 g/mol. The zero-order valence-corrected chi connectivity index (χ0v) is 14.5. The molecule has 3 rings (SSSR count). The maximum absolute atomic E-state index is 11.8. The number of aliphatic hydroxyl groups excluding tert-OH is 1. The molecule has 0 saturated carbocycles. The monoisotopic (exact) mass is 368 g/mol. The van der Waals surface area contributed by atoms with Crippen LogP contribution in [0, 0.1) is 0 Å². The minimum absolute atomic E-state index is 0.137. The van der Waals surface area contributed by atoms with Gasteiger partial charge in [-0.25, -0.2) is 0 Å². The fourth-order valence-electron chi connectivity index (χ4n) is 2.20. The van der Waals surface area contributed by atoms with Crippen LogP contribution in [0.3, 0.4) is 0 Å². The molecular weight excluding hydrogens is 352 g/mol. The molecule has 3 N–H and O–H groups in total. The summed E-state index contributed by atoms with van der Waals surface area (Å²) in [5.74, 6) is 1.40. The summed E-state index contributed by atoms with van der Waals surface area (Å²) in [5, 5.41) is 14.7. The minimum atomic E-state index is -0.359. The van der Waals surface area contributed by atoms with Gasteiger partial charge in [0, 0.05) is 17.3 Å². The molecule has 6 nitrogen and oxygen atoms in total. The summed E-state index contributed by atoms with van der Waals surface area (Å²) in [5.41, 5.74) is 1.59. The summed E-state index contributed by atoms with van der Waals surface area (Å²) in [6.45, 7) is -0.137. The first kappa shape index (κ1) is 17.7. The van der Waals surface area contributed by atoms with Crippen LogP contribution in [0.25, 0.3) is 17.4 Å². The van der Waals surface area contributed by atoms with Crippen molar-refractivity contribution in [2.45, 2.75) is 6.61 Å². The highest BCUT2D eigenvalue weighted by Gasteiger charge is 2.06. The number of carbonyl (C=O) groups is 1. The van der Waals surface area contributed by atoms with Gasteiger partial charge in [-0.2, -0.15) is 0 Å². The van der Waals surface area contributed by atoms with Crippen molar-refractivity contribution in [2.24, 2.45) is 0 Å². The number of hydrogen-bond acceptors (Lipinski definition) is 5. The van der Waals surface area contributed by atoms with Gasteiger partial charge in [-0.1, -0.05) is 0 Å². The van der Waals surface area contributed by atoms with Crippen molar-refractivity contribution >= 4 is 35.0 Å². The SMILES string of the molecule is O=C(C=Cc1ccco1)NC(=S)Nc1ccc(-c2ccc(CO)o2)cc1. The van der Waals surface area contributed by atoms with Crippen LogP contribution in [0.15, 0.2) is 69.7 Å². The molecule has 26 heavy (non-hydrogen) atoms. The molecule has 1 aromatic carbocycles. The third-order valence-electron chi connectivity index (χ3n) is 3.42. The molecule has 0 aliphatic rings. The Balaban J connectivity index is 1.55. The van der Waals surface area contributed by atoms with Crippen LogP contribution >= 0.6 is 12.2 Å². The molecule has 0 aliphatic heterocycles. The van der Waals surface area contributed by atoms with Crippen LogP contribution in [-0.4, -0.2) is 16.1 Å². The number of carbonyl (C=O) groups excluding carboxylic acids is 1. The van der Waals surface area contributed by atoms with Crippen molar-refractivity contribution in [3.8, 4) is 11.3 Å². The predicted molar refractivity (Wildman–Crippen MR) is 102 cm³/mol. The molecule has 1 amide bonds. The number of rotatable bonds is 5. The molecule has 132 valence electrons. The lowest BCUT2D eigenvalue weighted by molar-refractivity contribution is -0.115. The number of furan rings is 2. The van der Waals surface area contributed by atoms with Crippen molar-refractivity contribution < 1.29 is 18.7 Å². The Kier molecular flexibility index (Phi) is 5.62. The number of aliphatic hydroxyl groups is 1. The third-order valence-corrected chi connectivity index (χ3v) is 3.63. The van der Waals surface area contributed by atoms with E-state index in [1.54, 1.807) is 30.3 Å². The van der Waals surface area contributed by atoms with Crippen LogP contribution in [-0.2, 0) is 11.4 Å². The number of thiocarbonyl (C=S) groups is 1. The predicted octanol–water partition coefficient (Wildman–Crippen LogP) is 3.56. The molecule has 2 heterocycles. The number of amides is 1. The summed E-state index contributed by atoms with van der Waals surface area (Å²) >= 11 is 5.13. The van der Waals surface area contributed by atoms with E-state index >= 15 is 0 Å². The topological polar surface area (TPSA) is 87.6 Å². The van der Waals surface area contributed by atoms with Gasteiger partial charge in [-0.3, -0.25) is 10.1 Å². The van der Waals surface area contributed by atoms with E-state index in [2.05, 4.69) is 10.6 Å². The maximum atomic E-state index is 11.8. The van der Waals surface area contributed by atoms with E-state index in [-0.39, 0.29) is 17.6 Å². The summed E-state index contributed by atoms with van der Waals surface area (Å²) in [7, 11) is 0. The van der Waals surface area contributed by atoms with E-state index < -0.39 is 0 Å². The largest absolute Gasteiger partial charge is 0.465 e. The van der Waals surface area contributed by atoms with Gasteiger partial charge in [0.2, 0.25) is 5.91 Å². The second-order valence-electron chi connectivity index (χ2n) is 5.29. The van der Waals surface area contributed by atoms with E-state index in [9.17, 15) is 4.79 Å². The Morgan fingerprint density at radius 3 is 2.62 bits per heavy atom. The minimum Gasteiger partial charge on any atom is -0.465 e. The highest BCUT2D eigenvalue weighted by Crippen LogP contribution is 2.23. The van der Waals surface area contributed by atoms with Crippen molar-refractivity contribution in [1.29, 1.82) is 0 Å². The van der Waals surface area contributed by atoms with Crippen LogP contribution < -0.4 is 10.6 Å². The van der Waals surface area contributed by atoms with Crippen LogP contribution in [0.4, 0.5) is 5.69 Å². The second-order valence-corrected chi connectivity index (χ2v) is 5.70. The van der Waals surface area contributed by atoms with Gasteiger partial charge in [-0.05, 0) is 66.8 Å². The van der Waals surface area contributed by atoms with E-state index in [1.807, 2.05) is 24.3 Å². The van der Waals surface area contributed by atoms with Gasteiger partial charge >= 0.3 is 0 Å². The first-order valence-electron chi connectivity index (χ1n) is 7.77. The summed E-state index contributed by atoms with van der Waals surface area (Å²) in [4.78, 5) is 11.8. The molecule has 0 saturated heterocycles. The number of anilines is 1. The molecule has 3 aromatic rings. The van der Waals surface area contributed by atoms with Crippen LogP contribution in [0.1, 0.15) is 11.5 Å². The first-order valence-corrected chi connectivity index (χ1v) is 8.18. The Hall–Kier alpha value is -3.16. The molecule has 0 fully saturated rings. The normalized spacial score (nSPS) is 10.8. The highest BCUT2D eigenvalue weighted by atomic mass is 32.1. The van der Waals surface area contributed by atoms with Crippen molar-refractivity contribution in [2.75, 3.05) is 5.32 Å². The van der Waals surface area contributed by atoms with Crippen molar-refractivity contribution in [1.82, 2.24) is 5.32 Å². The fraction of sp³-hybridized carbons (Fsp3) is 0.0526. The van der Waals surface area contributed by atoms with Gasteiger partial charge in [0.05, 0.1) is 6.26 Å². The number of hydrogen-bond donors (Lipinski definition) is 3. The summed E-state index contributed by atoms with van der Waals surface area (Å²) < 4.78 is 10.6. The molecule has 0 atom stereocenters. The molecule has 0 radical (unpaired) electrons. The molecule has 2 aromatic heterocycles. The maximum Gasteiger partial charge on any atom is 0.250 e. The second kappa shape index (κ2) is 8.28. The van der Waals surface area contributed by atoms with E-state index in [4.69, 9.17) is 26.2 Å². The van der Waals surface area contributed by atoms with E-state index in [1.165, 1.54) is 12.3 Å². The molecule has 0 aliphatic carbocycles. The lowest BCUT2D eigenvalue weighted by Crippen LogP contribution is -2.32. The lowest BCUT2D eigenvalue weighted by atomic mass is 10.1. The van der Waals surface area contributed by atoms with Gasteiger partial charge in [0.1, 0.15) is 23.9 Å². The van der Waals surface area contributed by atoms with Crippen molar-refractivity contribution in [3.05, 3.63) is 72.4 Å². The van der Waals surface area contributed by atoms with Gasteiger partial charge < -0.3 is 19.3 Å². The van der Waals surface area contributed by atoms with Gasteiger partial charge in [0.25, 0.3) is 0 Å². The molecule has 0 unspecified atom stereocenters. The standard InChI is InChI=1S/C19H16N2O4S/c22-12-16-7-9-17(25-16)13-3-5-14(6-4-13)20-19(26)21-18(23)10-8-15-2-1-11-24-15/h1-11,22H,12H2,(H2,20,21,23,26). The Morgan fingerprint density at radius 2 is 1.96 bits per heavy atom. The first-order chi connectivity index (χ1) is 12.6. The van der Waals surface area contributed by atoms with E-state index in [0.717, 1.165) is 11.3 Å². The third kappa shape index (κ3) is 4.69. The van der Waals surface area contributed by atoms with Gasteiger partial charge in [-0.15, -0.1) is 0 Å². The number of benzene rings is 1. The van der Waals surface area contributed by atoms with Gasteiger partial charge in [0.15, 0.2) is 5.11 Å². The molecule has 7 heteroatoms. The molecule has 0 spiro atoms. The summed E-state index contributed by atoms with van der Waals surface area (Å²) in [6.07, 6.45) is 4.42. The fourth-order valence-corrected chi connectivity index (χ4v) is 2.41. The Labute approximate surface area is 155 Å². The summed E-state index contributed by atoms with van der Waals surface area (Å²) in [6, 6.07) is 14.3. The number of nitrogens with one attached hydrogen (secondary N) is 2. The zero-order chi connectivity index (χ0) is 18.4. The molecular formula is C19H16N2O4S. The van der Waals surface area contributed by atoms with Crippen molar-refractivity contribution in [3.63, 3.8) is 0 Å². The smallest absolute Gasteiger partial charge is 0.250 e. The van der Waals surface area contributed by atoms with Crippen LogP contribution in [0.5, 0.6) is 0 Å². The Bertz CT molecular complexity index is 911. The zero-order valence-electron chi connectivity index (χ0n) is 13.6. The quantitative estimate of drug-likeness (QED) is 0.471.